The summed E-state index contributed by atoms with van der Waals surface area (Å²) in [5, 5.41) is 3.20. The van der Waals surface area contributed by atoms with Crippen LogP contribution in [0.25, 0.3) is 0 Å². The van der Waals surface area contributed by atoms with Crippen LogP contribution in [0.2, 0.25) is 5.02 Å². The number of hydrogen-bond donors (Lipinski definition) is 2. The first-order chi connectivity index (χ1) is 8.94. The van der Waals surface area contributed by atoms with Gasteiger partial charge in [-0.1, -0.05) is 11.6 Å². The van der Waals surface area contributed by atoms with Crippen molar-refractivity contribution in [2.45, 2.75) is 11.4 Å². The summed E-state index contributed by atoms with van der Waals surface area (Å²) >= 11 is 7.04. The summed E-state index contributed by atoms with van der Waals surface area (Å²) in [4.78, 5) is -0.207. The van der Waals surface area contributed by atoms with Crippen molar-refractivity contribution in [3.8, 4) is 0 Å². The normalized spacial score (nSPS) is 11.5. The van der Waals surface area contributed by atoms with Crippen LogP contribution in [0.15, 0.2) is 33.9 Å². The van der Waals surface area contributed by atoms with Crippen molar-refractivity contribution in [3.63, 3.8) is 0 Å². The van der Waals surface area contributed by atoms with Gasteiger partial charge in [0.15, 0.2) is 0 Å². The lowest BCUT2D eigenvalue weighted by Crippen LogP contribution is -2.14. The van der Waals surface area contributed by atoms with E-state index in [0.29, 0.717) is 5.69 Å². The van der Waals surface area contributed by atoms with Crippen LogP contribution >= 0.6 is 22.9 Å². The Balaban J connectivity index is 2.43. The fourth-order valence-corrected chi connectivity index (χ4v) is 3.42. The number of rotatable bonds is 4. The van der Waals surface area contributed by atoms with Crippen LogP contribution in [0.1, 0.15) is 5.56 Å². The van der Waals surface area contributed by atoms with Crippen molar-refractivity contribution >= 4 is 38.6 Å². The fraction of sp³-hybridized carbons (Fsp3) is 0.0909. The molecule has 0 radical (unpaired) electrons. The van der Waals surface area contributed by atoms with Gasteiger partial charge < -0.3 is 5.73 Å². The molecule has 102 valence electrons. The Kier molecular flexibility index (Phi) is 4.10. The molecule has 0 bridgehead atoms. The maximum atomic E-state index is 13.6. The fourth-order valence-electron chi connectivity index (χ4n) is 1.46. The number of thiophene rings is 1. The van der Waals surface area contributed by atoms with Crippen molar-refractivity contribution < 1.29 is 12.8 Å². The second-order valence-corrected chi connectivity index (χ2v) is 6.54. The highest BCUT2D eigenvalue weighted by atomic mass is 35.5. The number of halogens is 2. The molecule has 1 heterocycles. The van der Waals surface area contributed by atoms with E-state index in [1.165, 1.54) is 17.4 Å². The van der Waals surface area contributed by atoms with Gasteiger partial charge in [-0.2, -0.15) is 11.3 Å². The van der Waals surface area contributed by atoms with Crippen LogP contribution in [0.4, 0.5) is 10.1 Å². The molecule has 0 aliphatic rings. The van der Waals surface area contributed by atoms with Crippen molar-refractivity contribution in [2.24, 2.45) is 5.73 Å². The molecule has 0 atom stereocenters. The number of anilines is 1. The van der Waals surface area contributed by atoms with E-state index in [2.05, 4.69) is 4.72 Å². The first-order valence-electron chi connectivity index (χ1n) is 5.17. The molecular formula is C11H10ClFN2O2S2. The van der Waals surface area contributed by atoms with Gasteiger partial charge in [0.1, 0.15) is 5.82 Å². The predicted molar refractivity (Wildman–Crippen MR) is 74.4 cm³/mol. The Hall–Kier alpha value is -1.15. The average Bonchev–Trinajstić information content (AvgIpc) is 2.84. The van der Waals surface area contributed by atoms with E-state index in [9.17, 15) is 12.8 Å². The molecule has 0 spiro atoms. The van der Waals surface area contributed by atoms with E-state index in [1.807, 2.05) is 0 Å². The summed E-state index contributed by atoms with van der Waals surface area (Å²) < 4.78 is 40.1. The zero-order chi connectivity index (χ0) is 14.0. The second-order valence-electron chi connectivity index (χ2n) is 3.70. The third-order valence-corrected chi connectivity index (χ3v) is 4.85. The zero-order valence-electron chi connectivity index (χ0n) is 9.56. The van der Waals surface area contributed by atoms with Crippen molar-refractivity contribution in [1.29, 1.82) is 0 Å². The van der Waals surface area contributed by atoms with Crippen LogP contribution < -0.4 is 10.5 Å². The average molecular weight is 321 g/mol. The number of benzene rings is 1. The molecule has 19 heavy (non-hydrogen) atoms. The van der Waals surface area contributed by atoms with Crippen LogP contribution in [0.3, 0.4) is 0 Å². The van der Waals surface area contributed by atoms with Crippen molar-refractivity contribution in [2.75, 3.05) is 4.72 Å². The largest absolute Gasteiger partial charge is 0.326 e. The molecule has 8 heteroatoms. The molecule has 0 fully saturated rings. The molecule has 4 nitrogen and oxygen atoms in total. The third kappa shape index (κ3) is 3.06. The van der Waals surface area contributed by atoms with E-state index in [1.54, 1.807) is 16.8 Å². The van der Waals surface area contributed by atoms with E-state index < -0.39 is 15.8 Å². The number of nitrogens with one attached hydrogen (secondary N) is 1. The van der Waals surface area contributed by atoms with Crippen LogP contribution in [0.5, 0.6) is 0 Å². The molecule has 0 saturated heterocycles. The molecule has 1 aromatic heterocycles. The summed E-state index contributed by atoms with van der Waals surface area (Å²) in [5.41, 5.74) is 6.07. The molecule has 0 aliphatic carbocycles. The lowest BCUT2D eigenvalue weighted by Gasteiger charge is -2.09. The molecule has 0 aliphatic heterocycles. The lowest BCUT2D eigenvalue weighted by molar-refractivity contribution is 0.594. The van der Waals surface area contributed by atoms with Gasteiger partial charge in [-0.15, -0.1) is 0 Å². The SMILES string of the molecule is NCc1cc(S(=O)(=O)Nc2ccsc2)cc(F)c1Cl. The molecular weight excluding hydrogens is 311 g/mol. The first-order valence-corrected chi connectivity index (χ1v) is 7.97. The van der Waals surface area contributed by atoms with Crippen molar-refractivity contribution in [3.05, 3.63) is 45.4 Å². The smallest absolute Gasteiger partial charge is 0.262 e. The molecule has 2 rings (SSSR count). The van der Waals surface area contributed by atoms with E-state index in [0.717, 1.165) is 6.07 Å². The Morgan fingerprint density at radius 1 is 1.42 bits per heavy atom. The minimum atomic E-state index is -3.85. The lowest BCUT2D eigenvalue weighted by atomic mass is 10.2. The predicted octanol–water partition coefficient (Wildman–Crippen LogP) is 2.80. The monoisotopic (exact) mass is 320 g/mol. The maximum Gasteiger partial charge on any atom is 0.262 e. The quantitative estimate of drug-likeness (QED) is 0.910. The Labute approximate surface area is 119 Å². The minimum Gasteiger partial charge on any atom is -0.326 e. The van der Waals surface area contributed by atoms with E-state index >= 15 is 0 Å². The van der Waals surface area contributed by atoms with E-state index in [-0.39, 0.29) is 22.0 Å². The van der Waals surface area contributed by atoms with E-state index in [4.69, 9.17) is 17.3 Å². The van der Waals surface area contributed by atoms with Crippen LogP contribution in [0, 0.1) is 5.82 Å². The highest BCUT2D eigenvalue weighted by molar-refractivity contribution is 7.92. The van der Waals surface area contributed by atoms with Gasteiger partial charge in [0, 0.05) is 11.9 Å². The Morgan fingerprint density at radius 2 is 2.16 bits per heavy atom. The van der Waals surface area contributed by atoms with Crippen LogP contribution in [-0.4, -0.2) is 8.42 Å². The number of nitrogens with two attached hydrogens (primary N) is 1. The van der Waals surface area contributed by atoms with Gasteiger partial charge in [0.05, 0.1) is 15.6 Å². The first kappa shape index (κ1) is 14.3. The summed E-state index contributed by atoms with van der Waals surface area (Å²) in [6.45, 7) is -0.0441. The molecule has 0 amide bonds. The van der Waals surface area contributed by atoms with Gasteiger partial charge in [-0.25, -0.2) is 12.8 Å². The maximum absolute atomic E-state index is 13.6. The van der Waals surface area contributed by atoms with Gasteiger partial charge >= 0.3 is 0 Å². The van der Waals surface area contributed by atoms with Gasteiger partial charge in [0.25, 0.3) is 10.0 Å². The van der Waals surface area contributed by atoms with Gasteiger partial charge in [-0.3, -0.25) is 4.72 Å². The summed E-state index contributed by atoms with van der Waals surface area (Å²) in [5.74, 6) is -0.810. The summed E-state index contributed by atoms with van der Waals surface area (Å²) in [6, 6.07) is 3.74. The zero-order valence-corrected chi connectivity index (χ0v) is 11.9. The second kappa shape index (κ2) is 5.46. The molecule has 0 saturated carbocycles. The standard InChI is InChI=1S/C11H10ClFN2O2S2/c12-11-7(5-14)3-9(4-10(11)13)19(16,17)15-8-1-2-18-6-8/h1-4,6,15H,5,14H2. The molecule has 3 N–H and O–H groups in total. The van der Waals surface area contributed by atoms with Crippen LogP contribution in [-0.2, 0) is 16.6 Å². The third-order valence-electron chi connectivity index (χ3n) is 2.38. The minimum absolute atomic E-state index is 0.0441. The highest BCUT2D eigenvalue weighted by Gasteiger charge is 2.18. The number of hydrogen-bond acceptors (Lipinski definition) is 4. The Bertz CT molecular complexity index is 687. The summed E-state index contributed by atoms with van der Waals surface area (Å²) in [6.07, 6.45) is 0. The van der Waals surface area contributed by atoms with Crippen molar-refractivity contribution in [1.82, 2.24) is 0 Å². The molecule has 1 aromatic carbocycles. The highest BCUT2D eigenvalue weighted by Crippen LogP contribution is 2.25. The topological polar surface area (TPSA) is 72.2 Å². The molecule has 0 unspecified atom stereocenters. The van der Waals surface area contributed by atoms with Gasteiger partial charge in [-0.05, 0) is 29.1 Å². The summed E-state index contributed by atoms with van der Waals surface area (Å²) in [7, 11) is -3.85. The van der Waals surface area contributed by atoms with Gasteiger partial charge in [0.2, 0.25) is 0 Å². The molecule has 2 aromatic rings. The Morgan fingerprint density at radius 3 is 2.74 bits per heavy atom. The number of sulfonamides is 1.